The Kier molecular flexibility index (Phi) is 4.97. The summed E-state index contributed by atoms with van der Waals surface area (Å²) >= 11 is 5.82. The van der Waals surface area contributed by atoms with Crippen molar-refractivity contribution in [1.29, 1.82) is 0 Å². The normalized spacial score (nSPS) is 17.4. The molecule has 0 radical (unpaired) electrons. The van der Waals surface area contributed by atoms with Gasteiger partial charge in [0.2, 0.25) is 0 Å². The fraction of sp³-hybridized carbons (Fsp3) is 0.316. The first kappa shape index (κ1) is 19.0. The van der Waals surface area contributed by atoms with Crippen LogP contribution < -0.4 is 14.8 Å². The van der Waals surface area contributed by atoms with Gasteiger partial charge in [0, 0.05) is 23.6 Å². The van der Waals surface area contributed by atoms with E-state index in [9.17, 15) is 14.9 Å². The summed E-state index contributed by atoms with van der Waals surface area (Å²) < 4.78 is 11.3. The second-order valence-corrected chi connectivity index (χ2v) is 7.33. The van der Waals surface area contributed by atoms with Gasteiger partial charge < -0.3 is 14.8 Å². The maximum atomic E-state index is 12.7. The number of halogens is 1. The van der Waals surface area contributed by atoms with Gasteiger partial charge in [-0.2, -0.15) is 0 Å². The van der Waals surface area contributed by atoms with Crippen molar-refractivity contribution in [1.82, 2.24) is 5.32 Å². The van der Waals surface area contributed by atoms with Crippen molar-refractivity contribution in [3.8, 4) is 11.5 Å². The number of carbonyl (C=O) groups is 1. The number of amides is 1. The number of nitrogens with one attached hydrogen (secondary N) is 1. The Morgan fingerprint density at radius 2 is 2.07 bits per heavy atom. The van der Waals surface area contributed by atoms with Gasteiger partial charge in [-0.3, -0.25) is 14.9 Å². The molecule has 8 heteroatoms. The largest absolute Gasteiger partial charge is 0.497 e. The van der Waals surface area contributed by atoms with E-state index >= 15 is 0 Å². The Morgan fingerprint density at radius 1 is 1.33 bits per heavy atom. The van der Waals surface area contributed by atoms with E-state index in [0.717, 1.165) is 5.56 Å². The molecule has 2 aromatic rings. The van der Waals surface area contributed by atoms with Crippen LogP contribution in [0.2, 0.25) is 5.02 Å². The number of methoxy groups -OCH3 is 1. The van der Waals surface area contributed by atoms with E-state index in [4.69, 9.17) is 21.1 Å². The number of hydrogen-bond donors (Lipinski definition) is 1. The van der Waals surface area contributed by atoms with Crippen LogP contribution in [0.4, 0.5) is 5.69 Å². The molecule has 2 aromatic carbocycles. The average molecular weight is 391 g/mol. The summed E-state index contributed by atoms with van der Waals surface area (Å²) in [6, 6.07) is 9.07. The molecule has 27 heavy (non-hydrogen) atoms. The molecule has 1 aliphatic rings. The van der Waals surface area contributed by atoms with Crippen LogP contribution in [0.15, 0.2) is 36.4 Å². The minimum atomic E-state index is -0.614. The molecule has 0 aliphatic carbocycles. The lowest BCUT2D eigenvalue weighted by Gasteiger charge is -2.38. The molecule has 1 atom stereocenters. The van der Waals surface area contributed by atoms with E-state index in [2.05, 4.69) is 5.32 Å². The van der Waals surface area contributed by atoms with E-state index in [1.165, 1.54) is 18.2 Å². The monoisotopic (exact) mass is 390 g/mol. The van der Waals surface area contributed by atoms with Crippen LogP contribution in [-0.2, 0) is 0 Å². The first-order valence-corrected chi connectivity index (χ1v) is 8.70. The van der Waals surface area contributed by atoms with Crippen molar-refractivity contribution in [2.45, 2.75) is 31.9 Å². The van der Waals surface area contributed by atoms with Gasteiger partial charge in [-0.05, 0) is 44.2 Å². The highest BCUT2D eigenvalue weighted by Gasteiger charge is 2.35. The van der Waals surface area contributed by atoms with Crippen molar-refractivity contribution in [3.63, 3.8) is 0 Å². The van der Waals surface area contributed by atoms with Crippen molar-refractivity contribution < 1.29 is 19.2 Å². The van der Waals surface area contributed by atoms with Gasteiger partial charge >= 0.3 is 0 Å². The molecule has 0 fully saturated rings. The van der Waals surface area contributed by atoms with Gasteiger partial charge in [0.05, 0.1) is 18.1 Å². The molecule has 0 unspecified atom stereocenters. The molecule has 0 saturated carbocycles. The maximum Gasteiger partial charge on any atom is 0.288 e. The number of nitro groups is 1. The zero-order valence-corrected chi connectivity index (χ0v) is 15.9. The summed E-state index contributed by atoms with van der Waals surface area (Å²) in [4.78, 5) is 23.2. The zero-order valence-electron chi connectivity index (χ0n) is 15.1. The van der Waals surface area contributed by atoms with Crippen molar-refractivity contribution in [2.24, 2.45) is 0 Å². The Balaban J connectivity index is 1.92. The van der Waals surface area contributed by atoms with Crippen LogP contribution in [0.25, 0.3) is 0 Å². The lowest BCUT2D eigenvalue weighted by molar-refractivity contribution is -0.384. The molecule has 1 N–H and O–H groups in total. The minimum absolute atomic E-state index is 0.0150. The van der Waals surface area contributed by atoms with E-state index < -0.39 is 16.4 Å². The van der Waals surface area contributed by atoms with Gasteiger partial charge in [0.25, 0.3) is 11.6 Å². The third kappa shape index (κ3) is 3.98. The minimum Gasteiger partial charge on any atom is -0.497 e. The molecule has 1 amide bonds. The van der Waals surface area contributed by atoms with Crippen LogP contribution in [0.5, 0.6) is 11.5 Å². The summed E-state index contributed by atoms with van der Waals surface area (Å²) in [7, 11) is 1.57. The van der Waals surface area contributed by atoms with Crippen molar-refractivity contribution in [2.75, 3.05) is 7.11 Å². The predicted molar refractivity (Wildman–Crippen MR) is 101 cm³/mol. The average Bonchev–Trinajstić information content (AvgIpc) is 2.60. The number of hydrogen-bond acceptors (Lipinski definition) is 5. The SMILES string of the molecule is COc1ccc2c(c1)[C@@H](NC(=O)c1ccc(Cl)c([N+](=O)[O-])c1)CC(C)(C)O2. The molecule has 0 spiro atoms. The fourth-order valence-corrected chi connectivity index (χ4v) is 3.31. The summed E-state index contributed by atoms with van der Waals surface area (Å²) in [5.41, 5.74) is 0.176. The summed E-state index contributed by atoms with van der Waals surface area (Å²) in [6.45, 7) is 3.87. The number of rotatable bonds is 4. The van der Waals surface area contributed by atoms with Crippen LogP contribution in [-0.4, -0.2) is 23.5 Å². The lowest BCUT2D eigenvalue weighted by Crippen LogP contribution is -2.41. The van der Waals surface area contributed by atoms with Gasteiger partial charge in [0.15, 0.2) is 0 Å². The Labute approximate surface area is 161 Å². The van der Waals surface area contributed by atoms with Crippen LogP contribution in [0.3, 0.4) is 0 Å². The second-order valence-electron chi connectivity index (χ2n) is 6.92. The summed E-state index contributed by atoms with van der Waals surface area (Å²) in [5, 5.41) is 14.0. The number of benzene rings is 2. The van der Waals surface area contributed by atoms with Crippen LogP contribution in [0, 0.1) is 10.1 Å². The topological polar surface area (TPSA) is 90.7 Å². The van der Waals surface area contributed by atoms with E-state index in [0.29, 0.717) is 17.9 Å². The number of nitro benzene ring substituents is 1. The van der Waals surface area contributed by atoms with E-state index in [1.54, 1.807) is 19.2 Å². The van der Waals surface area contributed by atoms with Gasteiger partial charge in [-0.15, -0.1) is 0 Å². The predicted octanol–water partition coefficient (Wildman–Crippen LogP) is 4.29. The molecule has 142 valence electrons. The maximum absolute atomic E-state index is 12.7. The third-order valence-corrected chi connectivity index (χ3v) is 4.70. The number of fused-ring (bicyclic) bond motifs is 1. The molecule has 1 aliphatic heterocycles. The highest BCUT2D eigenvalue weighted by molar-refractivity contribution is 6.32. The number of nitrogens with zero attached hydrogens (tertiary/aromatic N) is 1. The van der Waals surface area contributed by atoms with E-state index in [-0.39, 0.29) is 22.3 Å². The molecule has 1 heterocycles. The molecule has 7 nitrogen and oxygen atoms in total. The number of ether oxygens (including phenoxy) is 2. The Bertz CT molecular complexity index is 913. The zero-order chi connectivity index (χ0) is 19.8. The van der Waals surface area contributed by atoms with Gasteiger partial charge in [-0.25, -0.2) is 0 Å². The quantitative estimate of drug-likeness (QED) is 0.621. The molecule has 3 rings (SSSR count). The molecular weight excluding hydrogens is 372 g/mol. The number of carbonyl (C=O) groups excluding carboxylic acids is 1. The molecule has 0 bridgehead atoms. The summed E-state index contributed by atoms with van der Waals surface area (Å²) in [6.07, 6.45) is 0.536. The Hall–Kier alpha value is -2.80. The first-order chi connectivity index (χ1) is 12.7. The first-order valence-electron chi connectivity index (χ1n) is 8.32. The lowest BCUT2D eigenvalue weighted by atomic mass is 9.89. The highest BCUT2D eigenvalue weighted by Crippen LogP contribution is 2.41. The molecular formula is C19H19ClN2O5. The molecule has 0 aromatic heterocycles. The highest BCUT2D eigenvalue weighted by atomic mass is 35.5. The molecule has 0 saturated heterocycles. The summed E-state index contributed by atoms with van der Waals surface area (Å²) in [5.74, 6) is 0.893. The van der Waals surface area contributed by atoms with Gasteiger partial charge in [0.1, 0.15) is 22.1 Å². The van der Waals surface area contributed by atoms with Crippen LogP contribution >= 0.6 is 11.6 Å². The van der Waals surface area contributed by atoms with Crippen molar-refractivity contribution in [3.05, 3.63) is 62.7 Å². The van der Waals surface area contributed by atoms with Gasteiger partial charge in [-0.1, -0.05) is 11.6 Å². The van der Waals surface area contributed by atoms with Crippen molar-refractivity contribution >= 4 is 23.2 Å². The van der Waals surface area contributed by atoms with E-state index in [1.807, 2.05) is 19.9 Å². The standard InChI is InChI=1S/C19H19ClN2O5/c1-19(2)10-15(13-9-12(26-3)5-7-17(13)27-19)21-18(23)11-4-6-14(20)16(8-11)22(24)25/h4-9,15H,10H2,1-3H3,(H,21,23)/t15-/m0/s1. The fourth-order valence-electron chi connectivity index (χ4n) is 3.12. The Morgan fingerprint density at radius 3 is 2.74 bits per heavy atom. The smallest absolute Gasteiger partial charge is 0.288 e. The van der Waals surface area contributed by atoms with Crippen LogP contribution in [0.1, 0.15) is 42.2 Å². The third-order valence-electron chi connectivity index (χ3n) is 4.38. The second kappa shape index (κ2) is 7.08.